The molecule has 18 heavy (non-hydrogen) atoms. The van der Waals surface area contributed by atoms with Crippen LogP contribution in [-0.2, 0) is 11.8 Å². The summed E-state index contributed by atoms with van der Waals surface area (Å²) in [6.45, 7) is 11.7. The summed E-state index contributed by atoms with van der Waals surface area (Å²) in [7, 11) is 0. The molecule has 0 aliphatic rings. The van der Waals surface area contributed by atoms with Gasteiger partial charge in [-0.3, -0.25) is 0 Å². The zero-order valence-electron chi connectivity index (χ0n) is 11.2. The van der Waals surface area contributed by atoms with Crippen LogP contribution in [0, 0.1) is 0 Å². The molecule has 0 saturated heterocycles. The lowest BCUT2D eigenvalue weighted by Gasteiger charge is -2.14. The minimum atomic E-state index is 0.128. The first-order valence-corrected chi connectivity index (χ1v) is 7.29. The van der Waals surface area contributed by atoms with Crippen LogP contribution in [0.4, 0.5) is 0 Å². The van der Waals surface area contributed by atoms with Gasteiger partial charge in [0.05, 0.1) is 10.7 Å². The highest BCUT2D eigenvalue weighted by Crippen LogP contribution is 2.23. The molecule has 0 atom stereocenters. The van der Waals surface area contributed by atoms with Crippen molar-refractivity contribution in [2.45, 2.75) is 32.6 Å². The lowest BCUT2D eigenvalue weighted by Crippen LogP contribution is -2.36. The van der Waals surface area contributed by atoms with Crippen molar-refractivity contribution in [3.8, 4) is 0 Å². The van der Waals surface area contributed by atoms with Gasteiger partial charge in [0, 0.05) is 30.3 Å². The van der Waals surface area contributed by atoms with Crippen molar-refractivity contribution in [3.63, 3.8) is 0 Å². The van der Waals surface area contributed by atoms with Crippen molar-refractivity contribution >= 4 is 28.7 Å². The van der Waals surface area contributed by atoms with E-state index in [1.54, 1.807) is 17.4 Å². The summed E-state index contributed by atoms with van der Waals surface area (Å²) in [4.78, 5) is 4.64. The summed E-state index contributed by atoms with van der Waals surface area (Å²) < 4.78 is 0. The molecule has 0 bridgehead atoms. The maximum absolute atomic E-state index is 5.11. The summed E-state index contributed by atoms with van der Waals surface area (Å²) in [6, 6.07) is 0. The van der Waals surface area contributed by atoms with E-state index in [4.69, 9.17) is 12.2 Å². The first kappa shape index (κ1) is 15.1. The summed E-state index contributed by atoms with van der Waals surface area (Å²) in [5.74, 6) is 0. The Hall–Kier alpha value is -0.940. The van der Waals surface area contributed by atoms with E-state index in [0.717, 1.165) is 23.7 Å². The van der Waals surface area contributed by atoms with E-state index in [1.165, 1.54) is 0 Å². The Morgan fingerprint density at radius 2 is 2.22 bits per heavy atom. The second-order valence-electron chi connectivity index (χ2n) is 5.05. The highest BCUT2D eigenvalue weighted by atomic mass is 32.1. The van der Waals surface area contributed by atoms with Crippen LogP contribution in [-0.4, -0.2) is 23.2 Å². The van der Waals surface area contributed by atoms with Crippen molar-refractivity contribution < 1.29 is 0 Å². The molecule has 0 unspecified atom stereocenters. The molecule has 100 valence electrons. The van der Waals surface area contributed by atoms with Crippen LogP contribution in [0.2, 0.25) is 0 Å². The number of nitrogens with one attached hydrogen (secondary N) is 2. The van der Waals surface area contributed by atoms with E-state index in [1.807, 2.05) is 0 Å². The number of hydrogen-bond donors (Lipinski definition) is 2. The first-order chi connectivity index (χ1) is 8.43. The third-order valence-corrected chi connectivity index (χ3v) is 3.55. The average Bonchev–Trinajstić information content (AvgIpc) is 2.74. The summed E-state index contributed by atoms with van der Waals surface area (Å²) in [5, 5.41) is 10.1. The Bertz CT molecular complexity index is 405. The predicted molar refractivity (Wildman–Crippen MR) is 83.3 cm³/mol. The second kappa shape index (κ2) is 6.85. The predicted octanol–water partition coefficient (Wildman–Crippen LogP) is 2.63. The maximum atomic E-state index is 5.11. The second-order valence-corrected chi connectivity index (χ2v) is 6.40. The molecular weight excluding hydrogens is 262 g/mol. The Kier molecular flexibility index (Phi) is 5.75. The van der Waals surface area contributed by atoms with Gasteiger partial charge in [-0.1, -0.05) is 26.8 Å². The number of hydrogen-bond acceptors (Lipinski definition) is 3. The monoisotopic (exact) mass is 283 g/mol. The molecule has 0 aliphatic carbocycles. The third kappa shape index (κ3) is 5.14. The zero-order chi connectivity index (χ0) is 13.6. The fourth-order valence-electron chi connectivity index (χ4n) is 1.28. The van der Waals surface area contributed by atoms with Crippen LogP contribution >= 0.6 is 23.6 Å². The Morgan fingerprint density at radius 1 is 1.50 bits per heavy atom. The Balaban J connectivity index is 2.34. The minimum Gasteiger partial charge on any atom is -0.362 e. The van der Waals surface area contributed by atoms with Crippen molar-refractivity contribution in [3.05, 3.63) is 28.7 Å². The quantitative estimate of drug-likeness (QED) is 0.643. The fourth-order valence-corrected chi connectivity index (χ4v) is 2.49. The number of nitrogens with zero attached hydrogens (tertiary/aromatic N) is 1. The van der Waals surface area contributed by atoms with E-state index in [-0.39, 0.29) is 5.41 Å². The first-order valence-electron chi connectivity index (χ1n) is 6.01. The molecule has 3 nitrogen and oxygen atoms in total. The Labute approximate surface area is 119 Å². The molecule has 0 radical (unpaired) electrons. The third-order valence-electron chi connectivity index (χ3n) is 2.35. The topological polar surface area (TPSA) is 37.0 Å². The van der Waals surface area contributed by atoms with Gasteiger partial charge >= 0.3 is 0 Å². The van der Waals surface area contributed by atoms with Gasteiger partial charge in [0.2, 0.25) is 0 Å². The van der Waals surface area contributed by atoms with E-state index >= 15 is 0 Å². The number of rotatable bonds is 5. The maximum Gasteiger partial charge on any atom is 0.166 e. The molecule has 1 aromatic rings. The van der Waals surface area contributed by atoms with Gasteiger partial charge in [-0.2, -0.15) is 0 Å². The van der Waals surface area contributed by atoms with Gasteiger partial charge in [0.1, 0.15) is 0 Å². The molecular formula is C13H21N3S2. The normalized spacial score (nSPS) is 11.1. The van der Waals surface area contributed by atoms with Gasteiger partial charge in [-0.15, -0.1) is 17.9 Å². The standard InChI is InChI=1S/C13H21N3S2/c1-5-7-14-12(17)15-8-6-11-16-10(9-18-11)13(2,3)4/h5,9H,1,6-8H2,2-4H3,(H2,14,15,17). The van der Waals surface area contributed by atoms with Crippen molar-refractivity contribution in [2.24, 2.45) is 0 Å². The highest BCUT2D eigenvalue weighted by molar-refractivity contribution is 7.80. The van der Waals surface area contributed by atoms with Crippen molar-refractivity contribution in [2.75, 3.05) is 13.1 Å². The highest BCUT2D eigenvalue weighted by Gasteiger charge is 2.17. The number of thiocarbonyl (C=S) groups is 1. The van der Waals surface area contributed by atoms with Crippen LogP contribution in [0.1, 0.15) is 31.5 Å². The van der Waals surface area contributed by atoms with Crippen LogP contribution in [0.5, 0.6) is 0 Å². The molecule has 0 amide bonds. The van der Waals surface area contributed by atoms with Gasteiger partial charge in [0.15, 0.2) is 5.11 Å². The minimum absolute atomic E-state index is 0.128. The van der Waals surface area contributed by atoms with E-state index in [0.29, 0.717) is 11.7 Å². The molecule has 2 N–H and O–H groups in total. The van der Waals surface area contributed by atoms with Crippen molar-refractivity contribution in [1.29, 1.82) is 0 Å². The van der Waals surface area contributed by atoms with Gasteiger partial charge in [0.25, 0.3) is 0 Å². The van der Waals surface area contributed by atoms with E-state index < -0.39 is 0 Å². The average molecular weight is 283 g/mol. The molecule has 0 aromatic carbocycles. The molecule has 0 spiro atoms. The molecule has 1 heterocycles. The Morgan fingerprint density at radius 3 is 2.78 bits per heavy atom. The summed E-state index contributed by atoms with van der Waals surface area (Å²) in [5.41, 5.74) is 1.29. The molecule has 1 rings (SSSR count). The summed E-state index contributed by atoms with van der Waals surface area (Å²) in [6.07, 6.45) is 2.68. The SMILES string of the molecule is C=CCNC(=S)NCCc1nc(C(C)(C)C)cs1. The lowest BCUT2D eigenvalue weighted by molar-refractivity contribution is 0.570. The van der Waals surface area contributed by atoms with E-state index in [9.17, 15) is 0 Å². The van der Waals surface area contributed by atoms with Crippen LogP contribution in [0.3, 0.4) is 0 Å². The molecule has 0 saturated carbocycles. The molecule has 0 fully saturated rings. The zero-order valence-corrected chi connectivity index (χ0v) is 12.9. The van der Waals surface area contributed by atoms with Crippen LogP contribution in [0.25, 0.3) is 0 Å². The molecule has 1 aromatic heterocycles. The van der Waals surface area contributed by atoms with Gasteiger partial charge < -0.3 is 10.6 Å². The van der Waals surface area contributed by atoms with Gasteiger partial charge in [-0.25, -0.2) is 4.98 Å². The fraction of sp³-hybridized carbons (Fsp3) is 0.538. The molecule has 0 aliphatic heterocycles. The smallest absolute Gasteiger partial charge is 0.166 e. The van der Waals surface area contributed by atoms with Crippen LogP contribution < -0.4 is 10.6 Å². The molecule has 5 heteroatoms. The largest absolute Gasteiger partial charge is 0.362 e. The van der Waals surface area contributed by atoms with E-state index in [2.05, 4.69) is 48.3 Å². The lowest BCUT2D eigenvalue weighted by atomic mass is 9.93. The number of thiazole rings is 1. The van der Waals surface area contributed by atoms with Crippen molar-refractivity contribution in [1.82, 2.24) is 15.6 Å². The summed E-state index contributed by atoms with van der Waals surface area (Å²) >= 11 is 6.83. The van der Waals surface area contributed by atoms with Crippen LogP contribution in [0.15, 0.2) is 18.0 Å². The number of aromatic nitrogens is 1. The van der Waals surface area contributed by atoms with Gasteiger partial charge in [-0.05, 0) is 12.2 Å².